The summed E-state index contributed by atoms with van der Waals surface area (Å²) in [5.74, 6) is 0.648. The number of carbonyl (C=O) groups is 1. The van der Waals surface area contributed by atoms with Crippen molar-refractivity contribution in [2.45, 2.75) is 13.5 Å². The molecule has 140 valence electrons. The number of nitrogens with zero attached hydrogens (tertiary/aromatic N) is 2. The highest BCUT2D eigenvalue weighted by atomic mass is 16.5. The number of fused-ring (bicyclic) bond motifs is 1. The minimum atomic E-state index is -0.554. The third-order valence-electron chi connectivity index (χ3n) is 4.11. The van der Waals surface area contributed by atoms with Crippen molar-refractivity contribution in [1.29, 1.82) is 0 Å². The monoisotopic (exact) mass is 368 g/mol. The molecular weight excluding hydrogens is 348 g/mol. The third kappa shape index (κ3) is 3.76. The smallest absolute Gasteiger partial charge is 0.342 e. The second-order valence-corrected chi connectivity index (χ2v) is 5.73. The number of hydrogen-bond acceptors (Lipinski definition) is 7. The van der Waals surface area contributed by atoms with Crippen molar-refractivity contribution in [3.63, 3.8) is 0 Å². The van der Waals surface area contributed by atoms with E-state index in [9.17, 15) is 4.79 Å². The van der Waals surface area contributed by atoms with Crippen LogP contribution in [0, 0.1) is 6.92 Å². The Labute approximate surface area is 156 Å². The van der Waals surface area contributed by atoms with Gasteiger partial charge in [0.1, 0.15) is 17.9 Å². The molecule has 7 heteroatoms. The molecule has 2 aromatic carbocycles. The van der Waals surface area contributed by atoms with Gasteiger partial charge in [-0.2, -0.15) is 0 Å². The Hall–Kier alpha value is -3.35. The van der Waals surface area contributed by atoms with E-state index in [1.165, 1.54) is 27.4 Å². The fourth-order valence-electron chi connectivity index (χ4n) is 2.66. The zero-order valence-electron chi connectivity index (χ0n) is 15.6. The number of methoxy groups -OCH3 is 3. The first-order chi connectivity index (χ1) is 13.1. The molecule has 0 N–H and O–H groups in total. The molecule has 0 radical (unpaired) electrons. The average Bonchev–Trinajstić information content (AvgIpc) is 2.70. The van der Waals surface area contributed by atoms with Crippen LogP contribution in [-0.2, 0) is 11.3 Å². The zero-order chi connectivity index (χ0) is 19.4. The second kappa shape index (κ2) is 7.90. The van der Waals surface area contributed by atoms with Crippen LogP contribution >= 0.6 is 0 Å². The Balaban J connectivity index is 1.85. The summed E-state index contributed by atoms with van der Waals surface area (Å²) in [6.07, 6.45) is 0. The first-order valence-electron chi connectivity index (χ1n) is 8.26. The standard InChI is InChI=1S/C20H20N2O5/c1-12-16(22-15-8-6-5-7-14(15)21-12)11-27-20(23)13-9-18(25-3)19(26-4)10-17(13)24-2/h5-10H,11H2,1-4H3. The maximum atomic E-state index is 12.6. The van der Waals surface area contributed by atoms with Crippen LogP contribution in [0.3, 0.4) is 0 Å². The second-order valence-electron chi connectivity index (χ2n) is 5.73. The van der Waals surface area contributed by atoms with Crippen molar-refractivity contribution in [3.8, 4) is 17.2 Å². The van der Waals surface area contributed by atoms with E-state index in [1.54, 1.807) is 6.07 Å². The summed E-state index contributed by atoms with van der Waals surface area (Å²) in [6, 6.07) is 10.6. The Morgan fingerprint density at radius 1 is 0.889 bits per heavy atom. The normalized spacial score (nSPS) is 10.5. The van der Waals surface area contributed by atoms with Crippen molar-refractivity contribution in [1.82, 2.24) is 9.97 Å². The quantitative estimate of drug-likeness (QED) is 0.618. The summed E-state index contributed by atoms with van der Waals surface area (Å²) in [7, 11) is 4.47. The molecule has 0 fully saturated rings. The molecule has 0 bridgehead atoms. The maximum absolute atomic E-state index is 12.6. The van der Waals surface area contributed by atoms with Gasteiger partial charge in [-0.3, -0.25) is 0 Å². The Bertz CT molecular complexity index is 988. The number of benzene rings is 2. The minimum absolute atomic E-state index is 0.0000000787. The Morgan fingerprint density at radius 2 is 1.48 bits per heavy atom. The van der Waals surface area contributed by atoms with Gasteiger partial charge >= 0.3 is 5.97 Å². The van der Waals surface area contributed by atoms with Gasteiger partial charge in [0.25, 0.3) is 0 Å². The van der Waals surface area contributed by atoms with Gasteiger partial charge in [0.15, 0.2) is 11.5 Å². The van der Waals surface area contributed by atoms with E-state index in [1.807, 2.05) is 31.2 Å². The van der Waals surface area contributed by atoms with Gasteiger partial charge in [0.05, 0.1) is 43.8 Å². The molecule has 3 rings (SSSR count). The zero-order valence-corrected chi connectivity index (χ0v) is 15.6. The molecule has 0 aliphatic rings. The van der Waals surface area contributed by atoms with Crippen LogP contribution in [0.1, 0.15) is 21.7 Å². The van der Waals surface area contributed by atoms with Gasteiger partial charge < -0.3 is 18.9 Å². The van der Waals surface area contributed by atoms with Crippen LogP contribution in [0.25, 0.3) is 11.0 Å². The number of para-hydroxylation sites is 2. The third-order valence-corrected chi connectivity index (χ3v) is 4.11. The molecule has 1 aromatic heterocycles. The number of aromatic nitrogens is 2. The van der Waals surface area contributed by atoms with E-state index in [2.05, 4.69) is 9.97 Å². The molecule has 0 saturated heterocycles. The van der Waals surface area contributed by atoms with Crippen LogP contribution in [-0.4, -0.2) is 37.3 Å². The van der Waals surface area contributed by atoms with E-state index in [4.69, 9.17) is 18.9 Å². The van der Waals surface area contributed by atoms with Crippen molar-refractivity contribution in [2.75, 3.05) is 21.3 Å². The first kappa shape index (κ1) is 18.4. The first-order valence-corrected chi connectivity index (χ1v) is 8.26. The summed E-state index contributed by atoms with van der Waals surface area (Å²) >= 11 is 0. The predicted octanol–water partition coefficient (Wildman–Crippen LogP) is 3.32. The lowest BCUT2D eigenvalue weighted by Crippen LogP contribution is -2.10. The van der Waals surface area contributed by atoms with Crippen LogP contribution in [0.4, 0.5) is 0 Å². The van der Waals surface area contributed by atoms with Gasteiger partial charge in [0.2, 0.25) is 0 Å². The number of ether oxygens (including phenoxy) is 4. The van der Waals surface area contributed by atoms with E-state index in [0.717, 1.165) is 11.0 Å². The van der Waals surface area contributed by atoms with Gasteiger partial charge in [-0.05, 0) is 19.1 Å². The van der Waals surface area contributed by atoms with E-state index in [0.29, 0.717) is 28.6 Å². The van der Waals surface area contributed by atoms with Gasteiger partial charge in [-0.15, -0.1) is 0 Å². The fourth-order valence-corrected chi connectivity index (χ4v) is 2.66. The van der Waals surface area contributed by atoms with E-state index in [-0.39, 0.29) is 12.2 Å². The molecule has 0 amide bonds. The molecule has 1 heterocycles. The van der Waals surface area contributed by atoms with Crippen molar-refractivity contribution in [2.24, 2.45) is 0 Å². The number of carbonyl (C=O) groups excluding carboxylic acids is 1. The van der Waals surface area contributed by atoms with E-state index < -0.39 is 5.97 Å². The molecule has 27 heavy (non-hydrogen) atoms. The molecule has 7 nitrogen and oxygen atoms in total. The number of rotatable bonds is 6. The SMILES string of the molecule is COc1cc(OC)c(C(=O)OCc2nc3ccccc3nc2C)cc1OC. The minimum Gasteiger partial charge on any atom is -0.496 e. The largest absolute Gasteiger partial charge is 0.496 e. The molecule has 0 saturated carbocycles. The van der Waals surface area contributed by atoms with Crippen LogP contribution < -0.4 is 14.2 Å². The van der Waals surface area contributed by atoms with Crippen molar-refractivity contribution < 1.29 is 23.7 Å². The highest BCUT2D eigenvalue weighted by Gasteiger charge is 2.19. The highest BCUT2D eigenvalue weighted by Crippen LogP contribution is 2.35. The van der Waals surface area contributed by atoms with Gasteiger partial charge in [0, 0.05) is 12.1 Å². The topological polar surface area (TPSA) is 79.8 Å². The number of hydrogen-bond donors (Lipinski definition) is 0. The maximum Gasteiger partial charge on any atom is 0.342 e. The lowest BCUT2D eigenvalue weighted by atomic mass is 10.1. The molecule has 3 aromatic rings. The molecule has 0 aliphatic heterocycles. The summed E-state index contributed by atoms with van der Waals surface area (Å²) < 4.78 is 21.2. The number of esters is 1. The molecule has 0 atom stereocenters. The molecule has 0 unspecified atom stereocenters. The molecule has 0 aliphatic carbocycles. The molecule has 0 spiro atoms. The van der Waals surface area contributed by atoms with Gasteiger partial charge in [-0.25, -0.2) is 14.8 Å². The predicted molar refractivity (Wildman–Crippen MR) is 99.5 cm³/mol. The van der Waals surface area contributed by atoms with Crippen molar-refractivity contribution >= 4 is 17.0 Å². The van der Waals surface area contributed by atoms with Crippen LogP contribution in [0.5, 0.6) is 17.2 Å². The lowest BCUT2D eigenvalue weighted by Gasteiger charge is -2.14. The van der Waals surface area contributed by atoms with E-state index >= 15 is 0 Å². The number of aryl methyl sites for hydroxylation is 1. The van der Waals surface area contributed by atoms with Crippen LogP contribution in [0.2, 0.25) is 0 Å². The Morgan fingerprint density at radius 3 is 2.11 bits per heavy atom. The summed E-state index contributed by atoms with van der Waals surface area (Å²) in [5, 5.41) is 0. The van der Waals surface area contributed by atoms with Gasteiger partial charge in [-0.1, -0.05) is 12.1 Å². The summed E-state index contributed by atoms with van der Waals surface area (Å²) in [4.78, 5) is 21.6. The lowest BCUT2D eigenvalue weighted by molar-refractivity contribution is 0.0463. The highest BCUT2D eigenvalue weighted by molar-refractivity contribution is 5.93. The molecular formula is C20H20N2O5. The summed E-state index contributed by atoms with van der Waals surface area (Å²) in [5.41, 5.74) is 3.09. The fraction of sp³-hybridized carbons (Fsp3) is 0.250. The average molecular weight is 368 g/mol. The van der Waals surface area contributed by atoms with Crippen LogP contribution in [0.15, 0.2) is 36.4 Å². The summed E-state index contributed by atoms with van der Waals surface area (Å²) in [6.45, 7) is 1.83. The van der Waals surface area contributed by atoms with Crippen molar-refractivity contribution in [3.05, 3.63) is 53.3 Å². The Kier molecular flexibility index (Phi) is 5.40.